The van der Waals surface area contributed by atoms with Gasteiger partial charge in [-0.05, 0) is 32.1 Å². The zero-order chi connectivity index (χ0) is 14.9. The third-order valence-electron chi connectivity index (χ3n) is 3.08. The summed E-state index contributed by atoms with van der Waals surface area (Å²) in [4.78, 5) is 13.4. The number of aromatic nitrogens is 1. The van der Waals surface area contributed by atoms with Crippen molar-refractivity contribution in [1.29, 1.82) is 0 Å². The quantitative estimate of drug-likeness (QED) is 0.866. The van der Waals surface area contributed by atoms with Gasteiger partial charge in [0.15, 0.2) is 0 Å². The van der Waals surface area contributed by atoms with Gasteiger partial charge in [-0.2, -0.15) is 13.2 Å². The van der Waals surface area contributed by atoms with Gasteiger partial charge in [0.05, 0.1) is 5.52 Å². The molecule has 1 heterocycles. The maximum absolute atomic E-state index is 12.6. The molecule has 0 spiro atoms. The van der Waals surface area contributed by atoms with E-state index in [2.05, 4.69) is 0 Å². The van der Waals surface area contributed by atoms with Crippen molar-refractivity contribution in [1.82, 2.24) is 9.47 Å². The standard InChI is InChI=1S/C14H15F3N2O/c1-18(2)8-7-10-9-19(13(20)14(15,16)17)12-6-4-3-5-11(10)12/h3-6,9H,7-8H2,1-2H3. The summed E-state index contributed by atoms with van der Waals surface area (Å²) >= 11 is 0. The van der Waals surface area contributed by atoms with Gasteiger partial charge in [0.1, 0.15) is 0 Å². The number of benzene rings is 1. The number of carbonyl (C=O) groups excluding carboxylic acids is 1. The molecule has 20 heavy (non-hydrogen) atoms. The van der Waals surface area contributed by atoms with Crippen LogP contribution in [0.4, 0.5) is 13.2 Å². The van der Waals surface area contributed by atoms with Crippen LogP contribution in [0.5, 0.6) is 0 Å². The summed E-state index contributed by atoms with van der Waals surface area (Å²) in [5, 5.41) is 0.687. The Morgan fingerprint density at radius 2 is 1.90 bits per heavy atom. The van der Waals surface area contributed by atoms with E-state index in [4.69, 9.17) is 0 Å². The molecule has 108 valence electrons. The van der Waals surface area contributed by atoms with Gasteiger partial charge in [-0.25, -0.2) is 0 Å². The monoisotopic (exact) mass is 284 g/mol. The van der Waals surface area contributed by atoms with Crippen molar-refractivity contribution in [2.75, 3.05) is 20.6 Å². The molecule has 0 saturated carbocycles. The molecule has 0 amide bonds. The van der Waals surface area contributed by atoms with Crippen LogP contribution in [0, 0.1) is 0 Å². The topological polar surface area (TPSA) is 25.2 Å². The fourth-order valence-electron chi connectivity index (χ4n) is 2.10. The van der Waals surface area contributed by atoms with Crippen molar-refractivity contribution < 1.29 is 18.0 Å². The van der Waals surface area contributed by atoms with Crippen LogP contribution < -0.4 is 0 Å². The first-order valence-corrected chi connectivity index (χ1v) is 6.16. The van der Waals surface area contributed by atoms with Crippen LogP contribution in [0.3, 0.4) is 0 Å². The van der Waals surface area contributed by atoms with Gasteiger partial charge in [-0.1, -0.05) is 18.2 Å². The number of carbonyl (C=O) groups is 1. The summed E-state index contributed by atoms with van der Waals surface area (Å²) < 4.78 is 38.5. The third-order valence-corrected chi connectivity index (χ3v) is 3.08. The fourth-order valence-corrected chi connectivity index (χ4v) is 2.10. The van der Waals surface area contributed by atoms with Crippen molar-refractivity contribution >= 4 is 16.8 Å². The molecular formula is C14H15F3N2O. The van der Waals surface area contributed by atoms with Crippen molar-refractivity contribution in [2.24, 2.45) is 0 Å². The normalized spacial score (nSPS) is 12.3. The summed E-state index contributed by atoms with van der Waals surface area (Å²) in [6, 6.07) is 6.64. The molecule has 0 aliphatic carbocycles. The van der Waals surface area contributed by atoms with Gasteiger partial charge >= 0.3 is 12.1 Å². The van der Waals surface area contributed by atoms with Crippen LogP contribution in [-0.2, 0) is 6.42 Å². The molecule has 1 aromatic heterocycles. The molecule has 0 radical (unpaired) electrons. The number of halogens is 3. The van der Waals surface area contributed by atoms with E-state index < -0.39 is 12.1 Å². The molecule has 0 saturated heterocycles. The minimum atomic E-state index is -4.87. The number of hydrogen-bond acceptors (Lipinski definition) is 2. The molecule has 3 nitrogen and oxygen atoms in total. The van der Waals surface area contributed by atoms with Crippen molar-refractivity contribution in [3.8, 4) is 0 Å². The number of hydrogen-bond donors (Lipinski definition) is 0. The van der Waals surface area contributed by atoms with Crippen LogP contribution in [-0.4, -0.2) is 42.2 Å². The van der Waals surface area contributed by atoms with Crippen molar-refractivity contribution in [3.63, 3.8) is 0 Å². The molecular weight excluding hydrogens is 269 g/mol. The Morgan fingerprint density at radius 1 is 1.25 bits per heavy atom. The summed E-state index contributed by atoms with van der Waals surface area (Å²) in [5.74, 6) is -1.86. The van der Waals surface area contributed by atoms with Crippen LogP contribution in [0.25, 0.3) is 10.9 Å². The second-order valence-electron chi connectivity index (χ2n) is 4.90. The highest BCUT2D eigenvalue weighted by Crippen LogP contribution is 2.26. The lowest BCUT2D eigenvalue weighted by molar-refractivity contribution is -0.0943. The fraction of sp³-hybridized carbons (Fsp3) is 0.357. The zero-order valence-corrected chi connectivity index (χ0v) is 11.2. The minimum Gasteiger partial charge on any atom is -0.309 e. The number of nitrogens with zero attached hydrogens (tertiary/aromatic N) is 2. The number of para-hydroxylation sites is 1. The zero-order valence-electron chi connectivity index (χ0n) is 11.2. The lowest BCUT2D eigenvalue weighted by atomic mass is 10.1. The van der Waals surface area contributed by atoms with E-state index in [-0.39, 0.29) is 0 Å². The van der Waals surface area contributed by atoms with Crippen LogP contribution in [0.1, 0.15) is 10.4 Å². The van der Waals surface area contributed by atoms with E-state index in [0.717, 1.165) is 5.56 Å². The van der Waals surface area contributed by atoms with Gasteiger partial charge < -0.3 is 4.90 Å². The summed E-state index contributed by atoms with van der Waals surface area (Å²) in [5.41, 5.74) is 1.04. The van der Waals surface area contributed by atoms with E-state index in [1.54, 1.807) is 18.2 Å². The number of alkyl halides is 3. The van der Waals surface area contributed by atoms with Crippen LogP contribution >= 0.6 is 0 Å². The van der Waals surface area contributed by atoms with Crippen LogP contribution in [0.15, 0.2) is 30.5 Å². The maximum atomic E-state index is 12.6. The first-order chi connectivity index (χ1) is 9.30. The lowest BCUT2D eigenvalue weighted by Gasteiger charge is -2.08. The van der Waals surface area contributed by atoms with Gasteiger partial charge in [0, 0.05) is 18.1 Å². The number of likely N-dealkylation sites (N-methyl/N-ethyl adjacent to an activating group) is 1. The second-order valence-corrected chi connectivity index (χ2v) is 4.90. The van der Waals surface area contributed by atoms with Gasteiger partial charge in [0.25, 0.3) is 0 Å². The van der Waals surface area contributed by atoms with E-state index in [1.165, 1.54) is 12.3 Å². The van der Waals surface area contributed by atoms with Crippen molar-refractivity contribution in [3.05, 3.63) is 36.0 Å². The first-order valence-electron chi connectivity index (χ1n) is 6.16. The molecule has 0 bridgehead atoms. The SMILES string of the molecule is CN(C)CCc1cn(C(=O)C(F)(F)F)c2ccccc12. The maximum Gasteiger partial charge on any atom is 0.472 e. The predicted molar refractivity (Wildman–Crippen MR) is 70.9 cm³/mol. The van der Waals surface area contributed by atoms with E-state index in [9.17, 15) is 18.0 Å². The molecule has 0 aliphatic rings. The Bertz CT molecular complexity index is 629. The smallest absolute Gasteiger partial charge is 0.309 e. The Morgan fingerprint density at radius 3 is 2.50 bits per heavy atom. The van der Waals surface area contributed by atoms with Gasteiger partial charge in [-0.15, -0.1) is 0 Å². The molecule has 0 atom stereocenters. The molecule has 2 aromatic rings. The van der Waals surface area contributed by atoms with Crippen LogP contribution in [0.2, 0.25) is 0 Å². The lowest BCUT2D eigenvalue weighted by Crippen LogP contribution is -2.28. The highest BCUT2D eigenvalue weighted by Gasteiger charge is 2.40. The first kappa shape index (κ1) is 14.6. The predicted octanol–water partition coefficient (Wildman–Crippen LogP) is 2.95. The molecule has 2 rings (SSSR count). The van der Waals surface area contributed by atoms with E-state index >= 15 is 0 Å². The molecule has 1 aromatic carbocycles. The third kappa shape index (κ3) is 2.85. The Kier molecular flexibility index (Phi) is 3.85. The molecule has 6 heteroatoms. The van der Waals surface area contributed by atoms with E-state index in [1.807, 2.05) is 19.0 Å². The Hall–Kier alpha value is -1.82. The van der Waals surface area contributed by atoms with Gasteiger partial charge in [-0.3, -0.25) is 9.36 Å². The molecule has 0 N–H and O–H groups in total. The number of fused-ring (bicyclic) bond motifs is 1. The highest BCUT2D eigenvalue weighted by molar-refractivity contribution is 5.96. The Balaban J connectivity index is 2.48. The van der Waals surface area contributed by atoms with E-state index in [0.29, 0.717) is 28.4 Å². The summed E-state index contributed by atoms with van der Waals surface area (Å²) in [6.07, 6.45) is -2.99. The van der Waals surface area contributed by atoms with Crippen molar-refractivity contribution in [2.45, 2.75) is 12.6 Å². The summed E-state index contributed by atoms with van der Waals surface area (Å²) in [7, 11) is 3.78. The van der Waals surface area contributed by atoms with Gasteiger partial charge in [0.2, 0.25) is 0 Å². The summed E-state index contributed by atoms with van der Waals surface area (Å²) in [6.45, 7) is 0.703. The molecule has 0 fully saturated rings. The largest absolute Gasteiger partial charge is 0.472 e. The highest BCUT2D eigenvalue weighted by atomic mass is 19.4. The average Bonchev–Trinajstić information content (AvgIpc) is 2.73. The molecule has 0 unspecified atom stereocenters. The number of rotatable bonds is 3. The Labute approximate surface area is 114 Å². The second kappa shape index (κ2) is 5.28. The molecule has 0 aliphatic heterocycles. The minimum absolute atomic E-state index is 0.295. The average molecular weight is 284 g/mol.